The number of pyridine rings is 3. The van der Waals surface area contributed by atoms with E-state index in [1.54, 1.807) is 12.4 Å². The Hall–Kier alpha value is -6.71. The Kier molecular flexibility index (Phi) is 12.3. The topological polar surface area (TPSA) is 167 Å². The maximum Gasteiger partial charge on any atom is 0.255 e. The lowest BCUT2D eigenvalue weighted by atomic mass is 9.88. The van der Waals surface area contributed by atoms with Crippen molar-refractivity contribution in [3.05, 3.63) is 132 Å². The molecule has 64 heavy (non-hydrogen) atoms. The third-order valence-electron chi connectivity index (χ3n) is 12.9. The van der Waals surface area contributed by atoms with Gasteiger partial charge in [0.1, 0.15) is 23.3 Å². The van der Waals surface area contributed by atoms with Gasteiger partial charge in [0.2, 0.25) is 11.8 Å². The second-order valence-corrected chi connectivity index (χ2v) is 17.3. The van der Waals surface area contributed by atoms with E-state index in [2.05, 4.69) is 66.1 Å². The fourth-order valence-electron chi connectivity index (χ4n) is 9.37. The maximum absolute atomic E-state index is 15.3. The number of benzene rings is 1. The van der Waals surface area contributed by atoms with E-state index in [1.807, 2.05) is 59.6 Å². The number of likely N-dealkylation sites (tertiary alicyclic amines) is 1. The summed E-state index contributed by atoms with van der Waals surface area (Å²) in [5.74, 6) is -0.404. The number of nitrogens with one attached hydrogen (secondary N) is 3. The number of aryl methyl sites for hydroxylation is 1. The average Bonchev–Trinajstić information content (AvgIpc) is 3.62. The molecule has 0 saturated carbocycles. The molecule has 1 aromatic carbocycles. The van der Waals surface area contributed by atoms with Gasteiger partial charge < -0.3 is 25.8 Å². The fourth-order valence-corrected chi connectivity index (χ4v) is 9.37. The molecule has 1 atom stereocenters. The van der Waals surface area contributed by atoms with Crippen molar-refractivity contribution in [1.29, 1.82) is 0 Å². The van der Waals surface area contributed by atoms with Gasteiger partial charge in [-0.2, -0.15) is 0 Å². The van der Waals surface area contributed by atoms with Gasteiger partial charge in [0.15, 0.2) is 0 Å². The number of nitrogens with zero attached hydrogens (tertiary/aromatic N) is 7. The van der Waals surface area contributed by atoms with Crippen molar-refractivity contribution in [2.75, 3.05) is 63.4 Å². The molecule has 330 valence electrons. The number of nitrogens with two attached hydrogens (primary N) is 1. The Morgan fingerprint density at radius 2 is 1.83 bits per heavy atom. The number of halogens is 1. The molecule has 14 nitrogen and oxygen atoms in total. The van der Waals surface area contributed by atoms with Gasteiger partial charge in [-0.1, -0.05) is 18.7 Å². The van der Waals surface area contributed by atoms with E-state index in [9.17, 15) is 14.4 Å². The van der Waals surface area contributed by atoms with Crippen LogP contribution in [0.25, 0.3) is 27.7 Å². The molecule has 5 aromatic rings. The predicted molar refractivity (Wildman–Crippen MR) is 246 cm³/mol. The highest BCUT2D eigenvalue weighted by Crippen LogP contribution is 2.33. The highest BCUT2D eigenvalue weighted by atomic mass is 19.1. The van der Waals surface area contributed by atoms with Crippen molar-refractivity contribution in [2.24, 2.45) is 7.05 Å². The lowest BCUT2D eigenvalue weighted by Crippen LogP contribution is -2.47. The van der Waals surface area contributed by atoms with Crippen LogP contribution < -0.4 is 21.7 Å². The minimum Gasteiger partial charge on any atom is -0.385 e. The number of piperazine rings is 1. The standard InChI is InChI=1S/C49H54FN11O3/c1-31(28-59-18-12-32(13-19-59)40-6-5-36(24-42(40)50)56-44-8-10-46(62)57-48(44)63)23-37-29-61(22-17-52-37)49(64)35-3-7-43(54-27-35)33-14-20-60(21-15-33)30-38-25-41-39(11-16-53-47(41)58(38)2)34-4-9-45(51)55-26-34/h3-7,9,11,14,16,23-27,32,44,52,56H,1,8,10,12-13,15,17-22,28-30H2,2H3,(H2,51,55)(H,57,62,63)/b37-23-. The van der Waals surface area contributed by atoms with Crippen molar-refractivity contribution in [2.45, 2.75) is 50.6 Å². The van der Waals surface area contributed by atoms with Gasteiger partial charge in [-0.15, -0.1) is 0 Å². The normalized spacial score (nSPS) is 19.7. The molecular weight excluding hydrogens is 810 g/mol. The van der Waals surface area contributed by atoms with Crippen LogP contribution in [0.15, 0.2) is 103 Å². The van der Waals surface area contributed by atoms with E-state index in [1.165, 1.54) is 17.3 Å². The molecular formula is C49H54FN11O3. The van der Waals surface area contributed by atoms with Crippen molar-refractivity contribution in [1.82, 2.24) is 44.9 Å². The molecule has 15 heteroatoms. The van der Waals surface area contributed by atoms with E-state index in [-0.39, 0.29) is 35.9 Å². The molecule has 0 bridgehead atoms. The van der Waals surface area contributed by atoms with E-state index in [4.69, 9.17) is 10.7 Å². The summed E-state index contributed by atoms with van der Waals surface area (Å²) >= 11 is 0. The van der Waals surface area contributed by atoms with Gasteiger partial charge in [-0.25, -0.2) is 14.4 Å². The minimum atomic E-state index is -0.556. The zero-order chi connectivity index (χ0) is 44.3. The maximum atomic E-state index is 15.3. The van der Waals surface area contributed by atoms with Gasteiger partial charge in [-0.3, -0.25) is 34.5 Å². The van der Waals surface area contributed by atoms with Gasteiger partial charge in [-0.05, 0) is 122 Å². The first-order valence-electron chi connectivity index (χ1n) is 22.1. The molecule has 9 rings (SSSR count). The second kappa shape index (κ2) is 18.6. The summed E-state index contributed by atoms with van der Waals surface area (Å²) in [5.41, 5.74) is 15.8. The molecule has 0 aliphatic carbocycles. The molecule has 3 amide bonds. The number of anilines is 2. The quantitative estimate of drug-likeness (QED) is 0.122. The first-order valence-corrected chi connectivity index (χ1v) is 22.1. The molecule has 3 fully saturated rings. The first kappa shape index (κ1) is 42.6. The molecule has 4 aliphatic heterocycles. The Morgan fingerprint density at radius 1 is 0.969 bits per heavy atom. The number of aromatic nitrogens is 4. The van der Waals surface area contributed by atoms with Crippen molar-refractivity contribution < 1.29 is 18.8 Å². The number of carbonyl (C=O) groups is 3. The van der Waals surface area contributed by atoms with Gasteiger partial charge >= 0.3 is 0 Å². The van der Waals surface area contributed by atoms with Crippen LogP contribution in [0.4, 0.5) is 15.9 Å². The SMILES string of the molecule is C=C(/C=C1/CN(C(=O)c2ccc(C3=CCN(Cc4cc5c(-c6ccc(N)nc6)ccnc5n4C)CC3)nc2)CCN1)CN1CCC(c2ccc(NC3CCC(=O)NC3=O)cc2F)CC1. The fraction of sp³-hybridized carbons (Fsp3) is 0.347. The monoisotopic (exact) mass is 863 g/mol. The molecule has 5 N–H and O–H groups in total. The van der Waals surface area contributed by atoms with Crippen LogP contribution >= 0.6 is 0 Å². The van der Waals surface area contributed by atoms with Crippen LogP contribution in [-0.4, -0.2) is 110 Å². The van der Waals surface area contributed by atoms with Crippen LogP contribution in [0.2, 0.25) is 0 Å². The summed E-state index contributed by atoms with van der Waals surface area (Å²) in [5, 5.41) is 9.93. The second-order valence-electron chi connectivity index (χ2n) is 17.3. The van der Waals surface area contributed by atoms with E-state index >= 15 is 4.39 Å². The van der Waals surface area contributed by atoms with Crippen LogP contribution in [-0.2, 0) is 23.2 Å². The van der Waals surface area contributed by atoms with Crippen molar-refractivity contribution in [3.63, 3.8) is 0 Å². The number of hydrogen-bond donors (Lipinski definition) is 4. The summed E-state index contributed by atoms with van der Waals surface area (Å²) < 4.78 is 17.4. The number of imide groups is 1. The Morgan fingerprint density at radius 3 is 2.56 bits per heavy atom. The number of piperidine rings is 2. The van der Waals surface area contributed by atoms with Crippen molar-refractivity contribution >= 4 is 45.8 Å². The van der Waals surface area contributed by atoms with Crippen LogP contribution in [0.5, 0.6) is 0 Å². The Bertz CT molecular complexity index is 2650. The van der Waals surface area contributed by atoms with Crippen LogP contribution in [0.1, 0.15) is 65.3 Å². The first-order chi connectivity index (χ1) is 31.0. The lowest BCUT2D eigenvalue weighted by molar-refractivity contribution is -0.133. The van der Waals surface area contributed by atoms with E-state index in [0.29, 0.717) is 55.2 Å². The number of nitrogen functional groups attached to an aromatic ring is 1. The van der Waals surface area contributed by atoms with E-state index in [0.717, 1.165) is 91.1 Å². The number of rotatable bonds is 11. The third kappa shape index (κ3) is 9.45. The number of fused-ring (bicyclic) bond motifs is 1. The van der Waals surface area contributed by atoms with Gasteiger partial charge in [0.25, 0.3) is 5.91 Å². The predicted octanol–water partition coefficient (Wildman–Crippen LogP) is 5.62. The molecule has 1 unspecified atom stereocenters. The molecule has 4 aliphatic rings. The molecule has 8 heterocycles. The largest absolute Gasteiger partial charge is 0.385 e. The summed E-state index contributed by atoms with van der Waals surface area (Å²) in [7, 11) is 2.07. The summed E-state index contributed by atoms with van der Waals surface area (Å²) in [6.07, 6.45) is 12.8. The average molecular weight is 864 g/mol. The zero-order valence-corrected chi connectivity index (χ0v) is 36.2. The van der Waals surface area contributed by atoms with Crippen LogP contribution in [0, 0.1) is 5.82 Å². The van der Waals surface area contributed by atoms with Gasteiger partial charge in [0.05, 0.1) is 17.8 Å². The smallest absolute Gasteiger partial charge is 0.255 e. The summed E-state index contributed by atoms with van der Waals surface area (Å²) in [6.45, 7) is 10.8. The third-order valence-corrected chi connectivity index (χ3v) is 12.9. The summed E-state index contributed by atoms with van der Waals surface area (Å²) in [4.78, 5) is 57.6. The number of hydrogen-bond acceptors (Lipinski definition) is 11. The van der Waals surface area contributed by atoms with Crippen molar-refractivity contribution in [3.8, 4) is 11.1 Å². The number of carbonyl (C=O) groups excluding carboxylic acids is 3. The minimum absolute atomic E-state index is 0.0461. The summed E-state index contributed by atoms with van der Waals surface area (Å²) in [6, 6.07) is 16.4. The Balaban J connectivity index is 0.742. The number of amides is 3. The molecule has 0 radical (unpaired) electrons. The highest BCUT2D eigenvalue weighted by molar-refractivity contribution is 6.01. The van der Waals surface area contributed by atoms with Crippen LogP contribution in [0.3, 0.4) is 0 Å². The molecule has 0 spiro atoms. The zero-order valence-electron chi connectivity index (χ0n) is 36.2. The van der Waals surface area contributed by atoms with E-state index < -0.39 is 6.04 Å². The molecule has 4 aromatic heterocycles. The van der Waals surface area contributed by atoms with Gasteiger partial charge in [0, 0.05) is 99.4 Å². The molecule has 3 saturated heterocycles. The lowest BCUT2D eigenvalue weighted by Gasteiger charge is -2.33. The Labute approximate surface area is 372 Å². The highest BCUT2D eigenvalue weighted by Gasteiger charge is 2.28.